The molecule has 9 nitrogen and oxygen atoms in total. The highest BCUT2D eigenvalue weighted by Crippen LogP contribution is 2.07. The van der Waals surface area contributed by atoms with Gasteiger partial charge in [0.15, 0.2) is 0 Å². The standard InChI is InChI=1S/C10H13N3O6S/c14-9(15)2-1-8(10(16)17)13-20(18,19)12-7-3-5-11-6-4-7/h3-6,8,13H,1-2H2,(H,11,12)(H,14,15)(H,16,17)/t8-/m0/s1. The summed E-state index contributed by atoms with van der Waals surface area (Å²) >= 11 is 0. The molecule has 20 heavy (non-hydrogen) atoms. The average Bonchev–Trinajstić information content (AvgIpc) is 2.34. The maximum atomic E-state index is 11.7. The van der Waals surface area contributed by atoms with E-state index in [0.29, 0.717) is 0 Å². The van der Waals surface area contributed by atoms with Crippen LogP contribution >= 0.6 is 0 Å². The molecule has 4 N–H and O–H groups in total. The van der Waals surface area contributed by atoms with Crippen molar-refractivity contribution in [2.75, 3.05) is 4.72 Å². The molecular formula is C10H13N3O6S. The normalized spacial score (nSPS) is 12.6. The Balaban J connectivity index is 2.71. The molecule has 0 aliphatic rings. The second kappa shape index (κ2) is 6.82. The van der Waals surface area contributed by atoms with E-state index in [1.165, 1.54) is 24.5 Å². The van der Waals surface area contributed by atoms with Crippen molar-refractivity contribution >= 4 is 27.8 Å². The van der Waals surface area contributed by atoms with Crippen LogP contribution in [0.4, 0.5) is 5.69 Å². The number of nitrogens with zero attached hydrogens (tertiary/aromatic N) is 1. The summed E-state index contributed by atoms with van der Waals surface area (Å²) in [5, 5.41) is 17.3. The molecule has 10 heteroatoms. The van der Waals surface area contributed by atoms with Crippen molar-refractivity contribution in [2.24, 2.45) is 0 Å². The molecule has 0 aromatic carbocycles. The van der Waals surface area contributed by atoms with Gasteiger partial charge in [-0.2, -0.15) is 13.1 Å². The van der Waals surface area contributed by atoms with Gasteiger partial charge in [0.1, 0.15) is 6.04 Å². The van der Waals surface area contributed by atoms with Crippen molar-refractivity contribution in [1.82, 2.24) is 9.71 Å². The summed E-state index contributed by atoms with van der Waals surface area (Å²) in [7, 11) is -4.13. The highest BCUT2D eigenvalue weighted by molar-refractivity contribution is 7.90. The molecule has 0 unspecified atom stereocenters. The summed E-state index contributed by atoms with van der Waals surface area (Å²) in [6.45, 7) is 0. The third-order valence-electron chi connectivity index (χ3n) is 2.17. The van der Waals surface area contributed by atoms with E-state index in [2.05, 4.69) is 9.71 Å². The van der Waals surface area contributed by atoms with Gasteiger partial charge >= 0.3 is 11.9 Å². The molecule has 110 valence electrons. The van der Waals surface area contributed by atoms with Gasteiger partial charge in [0, 0.05) is 18.8 Å². The first-order valence-corrected chi connectivity index (χ1v) is 6.93. The van der Waals surface area contributed by atoms with E-state index in [1.807, 2.05) is 4.72 Å². The summed E-state index contributed by atoms with van der Waals surface area (Å²) in [4.78, 5) is 25.0. The van der Waals surface area contributed by atoms with Gasteiger partial charge in [0.2, 0.25) is 0 Å². The second-order valence-electron chi connectivity index (χ2n) is 3.78. The lowest BCUT2D eigenvalue weighted by molar-refractivity contribution is -0.140. The van der Waals surface area contributed by atoms with Crippen LogP contribution in [-0.4, -0.2) is 41.6 Å². The highest BCUT2D eigenvalue weighted by atomic mass is 32.2. The second-order valence-corrected chi connectivity index (χ2v) is 5.23. The lowest BCUT2D eigenvalue weighted by Gasteiger charge is -2.14. The van der Waals surface area contributed by atoms with Gasteiger partial charge in [-0.15, -0.1) is 0 Å². The summed E-state index contributed by atoms with van der Waals surface area (Å²) in [6.07, 6.45) is 1.89. The van der Waals surface area contributed by atoms with Crippen molar-refractivity contribution in [1.29, 1.82) is 0 Å². The fourth-order valence-corrected chi connectivity index (χ4v) is 2.39. The molecule has 1 aromatic heterocycles. The quantitative estimate of drug-likeness (QED) is 0.513. The van der Waals surface area contributed by atoms with Crippen LogP contribution < -0.4 is 9.44 Å². The van der Waals surface area contributed by atoms with Gasteiger partial charge in [-0.3, -0.25) is 19.3 Å². The van der Waals surface area contributed by atoms with Gasteiger partial charge in [-0.05, 0) is 18.6 Å². The number of hydrogen-bond acceptors (Lipinski definition) is 5. The zero-order chi connectivity index (χ0) is 15.2. The smallest absolute Gasteiger partial charge is 0.321 e. The number of carboxylic acids is 2. The Hall–Kier alpha value is -2.20. The predicted octanol–water partition coefficient (Wildman–Crippen LogP) is -0.354. The van der Waals surface area contributed by atoms with E-state index in [9.17, 15) is 18.0 Å². The van der Waals surface area contributed by atoms with Gasteiger partial charge in [0.05, 0.1) is 5.69 Å². The fourth-order valence-electron chi connectivity index (χ4n) is 1.29. The Morgan fingerprint density at radius 2 is 1.85 bits per heavy atom. The van der Waals surface area contributed by atoms with Gasteiger partial charge < -0.3 is 10.2 Å². The number of aliphatic carboxylic acids is 2. The first kappa shape index (κ1) is 15.9. The van der Waals surface area contributed by atoms with E-state index in [1.54, 1.807) is 0 Å². The Kier molecular flexibility index (Phi) is 5.41. The van der Waals surface area contributed by atoms with E-state index >= 15 is 0 Å². The van der Waals surface area contributed by atoms with Crippen LogP contribution in [0.15, 0.2) is 24.5 Å². The van der Waals surface area contributed by atoms with Gasteiger partial charge in [-0.25, -0.2) is 0 Å². The van der Waals surface area contributed by atoms with Gasteiger partial charge in [-0.1, -0.05) is 0 Å². The predicted molar refractivity (Wildman–Crippen MR) is 68.2 cm³/mol. The number of pyridine rings is 1. The summed E-state index contributed by atoms with van der Waals surface area (Å²) in [6, 6.07) is 1.24. The van der Waals surface area contributed by atoms with Crippen LogP contribution in [0.1, 0.15) is 12.8 Å². The SMILES string of the molecule is O=C(O)CC[C@H](NS(=O)(=O)Nc1ccncc1)C(=O)O. The first-order valence-electron chi connectivity index (χ1n) is 5.45. The molecule has 0 saturated heterocycles. The van der Waals surface area contributed by atoms with Crippen molar-refractivity contribution in [3.63, 3.8) is 0 Å². The maximum absolute atomic E-state index is 11.7. The molecule has 1 atom stereocenters. The van der Waals surface area contributed by atoms with Crippen LogP contribution in [0.25, 0.3) is 0 Å². The molecule has 1 aromatic rings. The van der Waals surface area contributed by atoms with Crippen molar-refractivity contribution in [3.8, 4) is 0 Å². The van der Waals surface area contributed by atoms with Crippen LogP contribution in [0.5, 0.6) is 0 Å². The number of hydrogen-bond donors (Lipinski definition) is 4. The van der Waals surface area contributed by atoms with E-state index in [4.69, 9.17) is 10.2 Å². The third kappa shape index (κ3) is 5.63. The Labute approximate surface area is 114 Å². The number of carbonyl (C=O) groups is 2. The Bertz CT molecular complexity index is 574. The molecule has 0 aliphatic heterocycles. The number of anilines is 1. The zero-order valence-corrected chi connectivity index (χ0v) is 11.0. The van der Waals surface area contributed by atoms with Crippen LogP contribution in [-0.2, 0) is 19.8 Å². The minimum absolute atomic E-state index is 0.204. The monoisotopic (exact) mass is 303 g/mol. The van der Waals surface area contributed by atoms with Crippen molar-refractivity contribution in [2.45, 2.75) is 18.9 Å². The molecule has 1 heterocycles. The fraction of sp³-hybridized carbons (Fsp3) is 0.300. The molecule has 0 fully saturated rings. The highest BCUT2D eigenvalue weighted by Gasteiger charge is 2.24. The lowest BCUT2D eigenvalue weighted by atomic mass is 10.2. The third-order valence-corrected chi connectivity index (χ3v) is 3.27. The molecule has 0 aliphatic carbocycles. The molecule has 0 spiro atoms. The zero-order valence-electron chi connectivity index (χ0n) is 10.2. The van der Waals surface area contributed by atoms with Crippen LogP contribution in [0.3, 0.4) is 0 Å². The summed E-state index contributed by atoms with van der Waals surface area (Å²) in [5.74, 6) is -2.66. The largest absolute Gasteiger partial charge is 0.481 e. The topological polar surface area (TPSA) is 146 Å². The maximum Gasteiger partial charge on any atom is 0.321 e. The number of aromatic nitrogens is 1. The molecular weight excluding hydrogens is 290 g/mol. The molecule has 1 rings (SSSR count). The molecule has 0 saturated carbocycles. The van der Waals surface area contributed by atoms with Crippen molar-refractivity contribution < 1.29 is 28.2 Å². The Morgan fingerprint density at radius 3 is 2.35 bits per heavy atom. The first-order chi connectivity index (χ1) is 9.30. The van der Waals surface area contributed by atoms with E-state index < -0.39 is 34.6 Å². The minimum atomic E-state index is -4.13. The lowest BCUT2D eigenvalue weighted by Crippen LogP contribution is -2.43. The van der Waals surface area contributed by atoms with E-state index in [0.717, 1.165) is 0 Å². The number of rotatable bonds is 8. The molecule has 0 bridgehead atoms. The number of carboxylic acid groups (broad SMARTS) is 2. The summed E-state index contributed by atoms with van der Waals surface area (Å²) in [5.41, 5.74) is 0.204. The van der Waals surface area contributed by atoms with E-state index in [-0.39, 0.29) is 12.1 Å². The molecule has 0 radical (unpaired) electrons. The minimum Gasteiger partial charge on any atom is -0.481 e. The molecule has 0 amide bonds. The van der Waals surface area contributed by atoms with Gasteiger partial charge in [0.25, 0.3) is 10.2 Å². The average molecular weight is 303 g/mol. The van der Waals surface area contributed by atoms with Crippen LogP contribution in [0.2, 0.25) is 0 Å². The Morgan fingerprint density at radius 1 is 1.25 bits per heavy atom. The van der Waals surface area contributed by atoms with Crippen molar-refractivity contribution in [3.05, 3.63) is 24.5 Å². The van der Waals surface area contributed by atoms with Crippen LogP contribution in [0, 0.1) is 0 Å². The summed E-state index contributed by atoms with van der Waals surface area (Å²) < 4.78 is 27.4. The number of nitrogens with one attached hydrogen (secondary N) is 2.